The Balaban J connectivity index is 2.31. The molecule has 1 aromatic carbocycles. The lowest BCUT2D eigenvalue weighted by molar-refractivity contribution is 0.291. The molecule has 2 N–H and O–H groups in total. The molecule has 2 nitrogen and oxygen atoms in total. The van der Waals surface area contributed by atoms with E-state index >= 15 is 0 Å². The summed E-state index contributed by atoms with van der Waals surface area (Å²) in [4.78, 5) is 2.20. The molecule has 0 radical (unpaired) electrons. The lowest BCUT2D eigenvalue weighted by Crippen LogP contribution is -2.41. The molecule has 0 atom stereocenters. The number of rotatable bonds is 3. The number of benzene rings is 1. The molecule has 1 aromatic rings. The third-order valence-corrected chi connectivity index (χ3v) is 3.70. The van der Waals surface area contributed by atoms with Gasteiger partial charge in [-0.1, -0.05) is 26.0 Å². The normalized spacial score (nSPS) is 19.0. The van der Waals surface area contributed by atoms with Gasteiger partial charge in [-0.15, -0.1) is 0 Å². The number of para-hydroxylation sites is 1. The molecular weight excluding hydrogens is 227 g/mol. The van der Waals surface area contributed by atoms with Crippen molar-refractivity contribution in [3.8, 4) is 0 Å². The average molecular weight is 250 g/mol. The van der Waals surface area contributed by atoms with Crippen molar-refractivity contribution in [2.45, 2.75) is 33.1 Å². The van der Waals surface area contributed by atoms with E-state index in [4.69, 9.17) is 5.73 Å². The van der Waals surface area contributed by atoms with Crippen molar-refractivity contribution in [3.63, 3.8) is 0 Å². The summed E-state index contributed by atoms with van der Waals surface area (Å²) in [7, 11) is 0. The SMILES string of the molecule is CC1(C)CCCN(c2c(F)cccc2CCN)C1. The number of anilines is 1. The predicted molar refractivity (Wildman–Crippen MR) is 74.4 cm³/mol. The highest BCUT2D eigenvalue weighted by molar-refractivity contribution is 5.55. The first-order chi connectivity index (χ1) is 8.53. The zero-order valence-corrected chi connectivity index (χ0v) is 11.4. The van der Waals surface area contributed by atoms with E-state index in [9.17, 15) is 4.39 Å². The van der Waals surface area contributed by atoms with Crippen LogP contribution in [0, 0.1) is 11.2 Å². The second-order valence-electron chi connectivity index (χ2n) is 5.98. The fraction of sp³-hybridized carbons (Fsp3) is 0.600. The highest BCUT2D eigenvalue weighted by Gasteiger charge is 2.28. The van der Waals surface area contributed by atoms with E-state index < -0.39 is 0 Å². The minimum Gasteiger partial charge on any atom is -0.368 e. The lowest BCUT2D eigenvalue weighted by Gasteiger charge is -2.40. The molecule has 0 aliphatic carbocycles. The van der Waals surface area contributed by atoms with Crippen molar-refractivity contribution < 1.29 is 4.39 Å². The van der Waals surface area contributed by atoms with E-state index in [2.05, 4.69) is 18.7 Å². The van der Waals surface area contributed by atoms with Crippen LogP contribution in [0.1, 0.15) is 32.3 Å². The molecule has 1 aliphatic rings. The summed E-state index contributed by atoms with van der Waals surface area (Å²) >= 11 is 0. The number of hydrogen-bond acceptors (Lipinski definition) is 2. The van der Waals surface area contributed by atoms with E-state index in [0.717, 1.165) is 37.2 Å². The first kappa shape index (κ1) is 13.3. The summed E-state index contributed by atoms with van der Waals surface area (Å²) in [6.07, 6.45) is 3.08. The second kappa shape index (κ2) is 5.27. The number of nitrogens with zero attached hydrogens (tertiary/aromatic N) is 1. The molecule has 0 amide bonds. The molecule has 0 spiro atoms. The Kier molecular flexibility index (Phi) is 3.91. The second-order valence-corrected chi connectivity index (χ2v) is 5.98. The van der Waals surface area contributed by atoms with Crippen molar-refractivity contribution in [1.29, 1.82) is 0 Å². The van der Waals surface area contributed by atoms with Crippen LogP contribution in [0.25, 0.3) is 0 Å². The van der Waals surface area contributed by atoms with Crippen LogP contribution in [0.2, 0.25) is 0 Å². The summed E-state index contributed by atoms with van der Waals surface area (Å²) in [6.45, 7) is 6.94. The van der Waals surface area contributed by atoms with E-state index in [1.807, 2.05) is 6.07 Å². The number of hydrogen-bond donors (Lipinski definition) is 1. The van der Waals surface area contributed by atoms with Crippen LogP contribution in [0.3, 0.4) is 0 Å². The summed E-state index contributed by atoms with van der Waals surface area (Å²) in [5.74, 6) is -0.112. The minimum atomic E-state index is -0.112. The van der Waals surface area contributed by atoms with Gasteiger partial charge in [-0.3, -0.25) is 0 Å². The fourth-order valence-electron chi connectivity index (χ4n) is 2.89. The van der Waals surface area contributed by atoms with Crippen molar-refractivity contribution in [2.75, 3.05) is 24.5 Å². The maximum atomic E-state index is 14.1. The quantitative estimate of drug-likeness (QED) is 0.893. The van der Waals surface area contributed by atoms with Crippen molar-refractivity contribution in [2.24, 2.45) is 11.1 Å². The zero-order valence-electron chi connectivity index (χ0n) is 11.4. The highest BCUT2D eigenvalue weighted by atomic mass is 19.1. The standard InChI is InChI=1S/C15H23FN2/c1-15(2)8-4-10-18(11-15)14-12(7-9-17)5-3-6-13(14)16/h3,5-6H,4,7-11,17H2,1-2H3. The Bertz CT molecular complexity index is 415. The summed E-state index contributed by atoms with van der Waals surface area (Å²) in [6, 6.07) is 5.32. The molecular formula is C15H23FN2. The van der Waals surface area contributed by atoms with Gasteiger partial charge < -0.3 is 10.6 Å². The largest absolute Gasteiger partial charge is 0.368 e. The summed E-state index contributed by atoms with van der Waals surface area (Å²) in [5.41, 5.74) is 7.70. The molecule has 0 unspecified atom stereocenters. The molecule has 1 aliphatic heterocycles. The van der Waals surface area contributed by atoms with Crippen molar-refractivity contribution >= 4 is 5.69 Å². The first-order valence-electron chi connectivity index (χ1n) is 6.76. The van der Waals surface area contributed by atoms with Gasteiger partial charge in [0.25, 0.3) is 0 Å². The number of nitrogens with two attached hydrogens (primary N) is 1. The van der Waals surface area contributed by atoms with Gasteiger partial charge in [0.15, 0.2) is 0 Å². The van der Waals surface area contributed by atoms with Crippen LogP contribution in [0.15, 0.2) is 18.2 Å². The van der Waals surface area contributed by atoms with Gasteiger partial charge in [-0.05, 0) is 42.9 Å². The molecule has 100 valence electrons. The van der Waals surface area contributed by atoms with E-state index in [0.29, 0.717) is 6.54 Å². The molecule has 1 heterocycles. The molecule has 1 fully saturated rings. The van der Waals surface area contributed by atoms with Gasteiger partial charge in [0, 0.05) is 13.1 Å². The molecule has 0 bridgehead atoms. The molecule has 18 heavy (non-hydrogen) atoms. The van der Waals surface area contributed by atoms with Crippen LogP contribution in [0.4, 0.5) is 10.1 Å². The van der Waals surface area contributed by atoms with Crippen LogP contribution in [-0.4, -0.2) is 19.6 Å². The smallest absolute Gasteiger partial charge is 0.146 e. The monoisotopic (exact) mass is 250 g/mol. The Morgan fingerprint density at radius 2 is 2.17 bits per heavy atom. The average Bonchev–Trinajstić information content (AvgIpc) is 2.28. The topological polar surface area (TPSA) is 29.3 Å². The van der Waals surface area contributed by atoms with E-state index in [-0.39, 0.29) is 11.2 Å². The Morgan fingerprint density at radius 1 is 1.39 bits per heavy atom. The lowest BCUT2D eigenvalue weighted by atomic mass is 9.83. The van der Waals surface area contributed by atoms with Gasteiger partial charge in [0.1, 0.15) is 5.82 Å². The van der Waals surface area contributed by atoms with E-state index in [1.165, 1.54) is 6.42 Å². The van der Waals surface area contributed by atoms with Crippen LogP contribution in [0.5, 0.6) is 0 Å². The van der Waals surface area contributed by atoms with Gasteiger partial charge in [0.05, 0.1) is 5.69 Å². The van der Waals surface area contributed by atoms with Crippen molar-refractivity contribution in [3.05, 3.63) is 29.6 Å². The fourth-order valence-corrected chi connectivity index (χ4v) is 2.89. The van der Waals surface area contributed by atoms with Gasteiger partial charge in [-0.2, -0.15) is 0 Å². The molecule has 1 saturated heterocycles. The summed E-state index contributed by atoms with van der Waals surface area (Å²) < 4.78 is 14.1. The van der Waals surface area contributed by atoms with Crippen molar-refractivity contribution in [1.82, 2.24) is 0 Å². The van der Waals surface area contributed by atoms with Gasteiger partial charge >= 0.3 is 0 Å². The maximum absolute atomic E-state index is 14.1. The molecule has 3 heteroatoms. The van der Waals surface area contributed by atoms with Crippen LogP contribution < -0.4 is 10.6 Å². The Labute approximate surface area is 109 Å². The zero-order chi connectivity index (χ0) is 13.2. The van der Waals surface area contributed by atoms with E-state index in [1.54, 1.807) is 12.1 Å². The Morgan fingerprint density at radius 3 is 2.83 bits per heavy atom. The first-order valence-corrected chi connectivity index (χ1v) is 6.76. The third kappa shape index (κ3) is 2.83. The summed E-state index contributed by atoms with van der Waals surface area (Å²) in [5, 5.41) is 0. The van der Waals surface area contributed by atoms with Gasteiger partial charge in [-0.25, -0.2) is 4.39 Å². The van der Waals surface area contributed by atoms with Gasteiger partial charge in [0.2, 0.25) is 0 Å². The third-order valence-electron chi connectivity index (χ3n) is 3.70. The van der Waals surface area contributed by atoms with Crippen LogP contribution in [-0.2, 0) is 6.42 Å². The highest BCUT2D eigenvalue weighted by Crippen LogP contribution is 2.34. The minimum absolute atomic E-state index is 0.112. The maximum Gasteiger partial charge on any atom is 0.146 e. The van der Waals surface area contributed by atoms with Crippen LogP contribution >= 0.6 is 0 Å². The molecule has 2 rings (SSSR count). The predicted octanol–water partition coefficient (Wildman–Crippen LogP) is 2.95. The number of piperidine rings is 1. The molecule has 0 aromatic heterocycles. The Hall–Kier alpha value is -1.09. The molecule has 0 saturated carbocycles. The number of halogens is 1.